The van der Waals surface area contributed by atoms with Gasteiger partial charge in [-0.3, -0.25) is 9.69 Å². The summed E-state index contributed by atoms with van der Waals surface area (Å²) in [7, 11) is 3.80. The van der Waals surface area contributed by atoms with Crippen LogP contribution in [0.4, 0.5) is 0 Å². The van der Waals surface area contributed by atoms with E-state index in [1.165, 1.54) is 12.0 Å². The van der Waals surface area contributed by atoms with Gasteiger partial charge in [-0.05, 0) is 37.3 Å². The fourth-order valence-corrected chi connectivity index (χ4v) is 3.64. The van der Waals surface area contributed by atoms with Crippen LogP contribution in [-0.2, 0) is 11.3 Å². The van der Waals surface area contributed by atoms with E-state index in [-0.39, 0.29) is 5.91 Å². The fourth-order valence-electron chi connectivity index (χ4n) is 3.64. The maximum Gasteiger partial charge on any atom is 0.220 e. The van der Waals surface area contributed by atoms with E-state index in [9.17, 15) is 4.79 Å². The number of nitrogens with zero attached hydrogens (tertiary/aromatic N) is 2. The van der Waals surface area contributed by atoms with Gasteiger partial charge in [0.05, 0.1) is 7.11 Å². The summed E-state index contributed by atoms with van der Waals surface area (Å²) in [4.78, 5) is 18.1. The van der Waals surface area contributed by atoms with E-state index in [2.05, 4.69) is 28.3 Å². The lowest BCUT2D eigenvalue weighted by Gasteiger charge is -2.24. The summed E-state index contributed by atoms with van der Waals surface area (Å²) in [5, 5.41) is 2.99. The van der Waals surface area contributed by atoms with E-state index >= 15 is 0 Å². The second-order valence-electron chi connectivity index (χ2n) is 6.28. The third-order valence-corrected chi connectivity index (χ3v) is 4.89. The Bertz CT molecular complexity index is 503. The molecule has 1 aromatic heterocycles. The number of aromatic nitrogens is 1. The molecular weight excluding hydrogens is 266 g/mol. The van der Waals surface area contributed by atoms with Crippen molar-refractivity contribution >= 4 is 5.91 Å². The number of nitrogens with one attached hydrogen (secondary N) is 1. The van der Waals surface area contributed by atoms with Crippen molar-refractivity contribution in [3.8, 4) is 5.88 Å². The molecule has 2 heterocycles. The lowest BCUT2D eigenvalue weighted by atomic mass is 9.89. The summed E-state index contributed by atoms with van der Waals surface area (Å²) >= 11 is 0. The van der Waals surface area contributed by atoms with E-state index in [0.717, 1.165) is 19.5 Å². The molecule has 1 N–H and O–H groups in total. The topological polar surface area (TPSA) is 54.5 Å². The number of fused-ring (bicyclic) bond motifs is 1. The molecule has 2 aliphatic rings. The van der Waals surface area contributed by atoms with Gasteiger partial charge in [-0.2, -0.15) is 0 Å². The monoisotopic (exact) mass is 289 g/mol. The van der Waals surface area contributed by atoms with E-state index < -0.39 is 0 Å². The molecule has 1 saturated carbocycles. The number of hydrogen-bond donors (Lipinski definition) is 1. The molecule has 5 heteroatoms. The molecule has 5 nitrogen and oxygen atoms in total. The highest BCUT2D eigenvalue weighted by Gasteiger charge is 2.39. The highest BCUT2D eigenvalue weighted by Crippen LogP contribution is 2.38. The third kappa shape index (κ3) is 3.18. The number of hydrogen-bond acceptors (Lipinski definition) is 4. The predicted octanol–water partition coefficient (Wildman–Crippen LogP) is 1.44. The van der Waals surface area contributed by atoms with Crippen LogP contribution in [0.2, 0.25) is 0 Å². The summed E-state index contributed by atoms with van der Waals surface area (Å²) in [6.45, 7) is 1.75. The molecule has 1 saturated heterocycles. The smallest absolute Gasteiger partial charge is 0.220 e. The summed E-state index contributed by atoms with van der Waals surface area (Å²) in [5.41, 5.74) is 1.20. The predicted molar refractivity (Wildman–Crippen MR) is 79.9 cm³/mol. The Hall–Kier alpha value is -1.62. The van der Waals surface area contributed by atoms with Gasteiger partial charge >= 0.3 is 0 Å². The van der Waals surface area contributed by atoms with Crippen LogP contribution in [0, 0.1) is 11.8 Å². The Labute approximate surface area is 125 Å². The molecule has 114 valence electrons. The molecule has 0 radical (unpaired) electrons. The Morgan fingerprint density at radius 2 is 2.19 bits per heavy atom. The van der Waals surface area contributed by atoms with Crippen LogP contribution < -0.4 is 10.1 Å². The van der Waals surface area contributed by atoms with Gasteiger partial charge < -0.3 is 10.1 Å². The highest BCUT2D eigenvalue weighted by atomic mass is 16.5. The number of pyridine rings is 1. The van der Waals surface area contributed by atoms with Gasteiger partial charge in [-0.15, -0.1) is 0 Å². The lowest BCUT2D eigenvalue weighted by molar-refractivity contribution is -0.124. The Kier molecular flexibility index (Phi) is 4.10. The SMILES string of the molecule is COc1ccc(CN(C)[C@H]2C[C@H]3CNC(=O)C[C@H]3C2)cn1. The Morgan fingerprint density at radius 1 is 1.38 bits per heavy atom. The number of methoxy groups -OCH3 is 1. The van der Waals surface area contributed by atoms with Crippen LogP contribution in [0.15, 0.2) is 18.3 Å². The van der Waals surface area contributed by atoms with E-state index in [4.69, 9.17) is 4.74 Å². The highest BCUT2D eigenvalue weighted by molar-refractivity contribution is 5.77. The van der Waals surface area contributed by atoms with Crippen LogP contribution in [0.5, 0.6) is 5.88 Å². The van der Waals surface area contributed by atoms with Crippen LogP contribution in [0.3, 0.4) is 0 Å². The number of rotatable bonds is 4. The second kappa shape index (κ2) is 6.02. The molecule has 3 atom stereocenters. The van der Waals surface area contributed by atoms with Gasteiger partial charge in [0.2, 0.25) is 11.8 Å². The van der Waals surface area contributed by atoms with Gasteiger partial charge in [0, 0.05) is 37.8 Å². The average Bonchev–Trinajstić information content (AvgIpc) is 2.91. The first-order chi connectivity index (χ1) is 10.2. The van der Waals surface area contributed by atoms with Crippen molar-refractivity contribution in [2.45, 2.75) is 31.8 Å². The molecule has 0 bridgehead atoms. The van der Waals surface area contributed by atoms with E-state index in [0.29, 0.717) is 30.2 Å². The molecule has 0 spiro atoms. The number of amides is 1. The normalized spacial score (nSPS) is 28.3. The number of ether oxygens (including phenoxy) is 1. The number of carbonyl (C=O) groups is 1. The minimum atomic E-state index is 0.221. The summed E-state index contributed by atoms with van der Waals surface area (Å²) in [5.74, 6) is 2.10. The van der Waals surface area contributed by atoms with Crippen LogP contribution in [-0.4, -0.2) is 42.5 Å². The third-order valence-electron chi connectivity index (χ3n) is 4.89. The molecule has 0 aromatic carbocycles. The molecule has 3 rings (SSSR count). The van der Waals surface area contributed by atoms with Gasteiger partial charge in [-0.1, -0.05) is 6.07 Å². The molecule has 1 aliphatic heterocycles. The standard InChI is InChI=1S/C16H23N3O2/c1-19(10-11-3-4-16(21-2)18-8-11)14-5-12-7-15(20)17-9-13(12)6-14/h3-4,8,12-14H,5-7,9-10H2,1-2H3,(H,17,20)/t12-,13+,14-/m1/s1. The minimum absolute atomic E-state index is 0.221. The molecule has 1 amide bonds. The van der Waals surface area contributed by atoms with Crippen molar-refractivity contribution in [3.63, 3.8) is 0 Å². The first kappa shape index (κ1) is 14.3. The lowest BCUT2D eigenvalue weighted by Crippen LogP contribution is -2.38. The van der Waals surface area contributed by atoms with Crippen molar-refractivity contribution < 1.29 is 9.53 Å². The van der Waals surface area contributed by atoms with E-state index in [1.807, 2.05) is 12.3 Å². The van der Waals surface area contributed by atoms with Crippen molar-refractivity contribution in [3.05, 3.63) is 23.9 Å². The quantitative estimate of drug-likeness (QED) is 0.911. The van der Waals surface area contributed by atoms with E-state index in [1.54, 1.807) is 7.11 Å². The summed E-state index contributed by atoms with van der Waals surface area (Å²) < 4.78 is 5.08. The van der Waals surface area contributed by atoms with Crippen molar-refractivity contribution in [1.29, 1.82) is 0 Å². The maximum atomic E-state index is 11.5. The summed E-state index contributed by atoms with van der Waals surface area (Å²) in [6, 6.07) is 4.53. The van der Waals surface area contributed by atoms with Gasteiger partial charge in [0.15, 0.2) is 0 Å². The number of carbonyl (C=O) groups excluding carboxylic acids is 1. The largest absolute Gasteiger partial charge is 0.481 e. The molecule has 0 unspecified atom stereocenters. The summed E-state index contributed by atoms with van der Waals surface area (Å²) in [6.07, 6.45) is 4.91. The average molecular weight is 289 g/mol. The van der Waals surface area contributed by atoms with Gasteiger partial charge in [0.25, 0.3) is 0 Å². The zero-order valence-electron chi connectivity index (χ0n) is 12.7. The van der Waals surface area contributed by atoms with Crippen LogP contribution in [0.1, 0.15) is 24.8 Å². The molecule has 2 fully saturated rings. The van der Waals surface area contributed by atoms with Crippen LogP contribution >= 0.6 is 0 Å². The fraction of sp³-hybridized carbons (Fsp3) is 0.625. The zero-order valence-corrected chi connectivity index (χ0v) is 12.7. The maximum absolute atomic E-state index is 11.5. The van der Waals surface area contributed by atoms with Crippen molar-refractivity contribution in [1.82, 2.24) is 15.2 Å². The second-order valence-corrected chi connectivity index (χ2v) is 6.28. The first-order valence-electron chi connectivity index (χ1n) is 7.61. The van der Waals surface area contributed by atoms with Gasteiger partial charge in [0.1, 0.15) is 0 Å². The molecule has 1 aliphatic carbocycles. The molecule has 21 heavy (non-hydrogen) atoms. The van der Waals surface area contributed by atoms with Crippen molar-refractivity contribution in [2.24, 2.45) is 11.8 Å². The zero-order chi connectivity index (χ0) is 14.8. The Morgan fingerprint density at radius 3 is 2.90 bits per heavy atom. The minimum Gasteiger partial charge on any atom is -0.481 e. The van der Waals surface area contributed by atoms with Crippen LogP contribution in [0.25, 0.3) is 0 Å². The molecule has 1 aromatic rings. The molecular formula is C16H23N3O2. The Balaban J connectivity index is 1.58. The first-order valence-corrected chi connectivity index (χ1v) is 7.61. The van der Waals surface area contributed by atoms with Crippen molar-refractivity contribution in [2.75, 3.05) is 20.7 Å². The number of piperidine rings is 1. The van der Waals surface area contributed by atoms with Gasteiger partial charge in [-0.25, -0.2) is 4.98 Å².